The lowest BCUT2D eigenvalue weighted by atomic mass is 10.1. The molecule has 1 rings (SSSR count). The third-order valence-corrected chi connectivity index (χ3v) is 4.85. The SMILES string of the molecule is CCN(CC)C(=O)CCN(Cc1cccc(C)c1)S(C)(=O)=O. The van der Waals surface area contributed by atoms with E-state index in [1.807, 2.05) is 45.0 Å². The summed E-state index contributed by atoms with van der Waals surface area (Å²) in [5.74, 6) is -0.0112. The van der Waals surface area contributed by atoms with Gasteiger partial charge in [-0.3, -0.25) is 4.79 Å². The van der Waals surface area contributed by atoms with E-state index < -0.39 is 10.0 Å². The van der Waals surface area contributed by atoms with Crippen LogP contribution in [0.3, 0.4) is 0 Å². The zero-order valence-electron chi connectivity index (χ0n) is 13.9. The number of carbonyl (C=O) groups is 1. The topological polar surface area (TPSA) is 57.7 Å². The fourth-order valence-electron chi connectivity index (χ4n) is 2.33. The smallest absolute Gasteiger partial charge is 0.223 e. The van der Waals surface area contributed by atoms with Crippen molar-refractivity contribution in [2.45, 2.75) is 33.7 Å². The number of amides is 1. The zero-order chi connectivity index (χ0) is 16.8. The number of nitrogens with zero attached hydrogens (tertiary/aromatic N) is 2. The number of sulfonamides is 1. The average Bonchev–Trinajstić information content (AvgIpc) is 2.43. The minimum absolute atomic E-state index is 0.0112. The molecule has 0 heterocycles. The molecule has 0 spiro atoms. The van der Waals surface area contributed by atoms with Gasteiger partial charge in [0.25, 0.3) is 0 Å². The van der Waals surface area contributed by atoms with E-state index in [0.29, 0.717) is 19.6 Å². The first-order valence-electron chi connectivity index (χ1n) is 7.56. The second kappa shape index (κ2) is 8.29. The first-order chi connectivity index (χ1) is 10.3. The molecule has 22 heavy (non-hydrogen) atoms. The van der Waals surface area contributed by atoms with Crippen LogP contribution in [0.25, 0.3) is 0 Å². The van der Waals surface area contributed by atoms with Crippen molar-refractivity contribution in [3.05, 3.63) is 35.4 Å². The first-order valence-corrected chi connectivity index (χ1v) is 9.41. The van der Waals surface area contributed by atoms with Crippen LogP contribution in [0.4, 0.5) is 0 Å². The Kier molecular flexibility index (Phi) is 7.03. The molecule has 0 saturated carbocycles. The largest absolute Gasteiger partial charge is 0.343 e. The van der Waals surface area contributed by atoms with Gasteiger partial charge in [0.05, 0.1) is 6.26 Å². The Morgan fingerprint density at radius 1 is 1.18 bits per heavy atom. The highest BCUT2D eigenvalue weighted by Gasteiger charge is 2.19. The molecule has 1 amide bonds. The highest BCUT2D eigenvalue weighted by molar-refractivity contribution is 7.88. The van der Waals surface area contributed by atoms with Gasteiger partial charge in [-0.25, -0.2) is 8.42 Å². The number of benzene rings is 1. The van der Waals surface area contributed by atoms with Crippen molar-refractivity contribution < 1.29 is 13.2 Å². The maximum absolute atomic E-state index is 12.0. The van der Waals surface area contributed by atoms with E-state index in [2.05, 4.69) is 0 Å². The Bertz CT molecular complexity index is 595. The molecule has 0 bridgehead atoms. The van der Waals surface area contributed by atoms with Gasteiger partial charge >= 0.3 is 0 Å². The fourth-order valence-corrected chi connectivity index (χ4v) is 3.14. The number of rotatable bonds is 8. The highest BCUT2D eigenvalue weighted by Crippen LogP contribution is 2.11. The second-order valence-electron chi connectivity index (χ2n) is 5.40. The minimum Gasteiger partial charge on any atom is -0.343 e. The Morgan fingerprint density at radius 2 is 1.82 bits per heavy atom. The van der Waals surface area contributed by atoms with Gasteiger partial charge in [-0.2, -0.15) is 4.31 Å². The molecule has 124 valence electrons. The van der Waals surface area contributed by atoms with E-state index in [1.54, 1.807) is 4.90 Å². The molecule has 1 aromatic carbocycles. The Balaban J connectivity index is 2.77. The van der Waals surface area contributed by atoms with Gasteiger partial charge < -0.3 is 4.90 Å². The number of hydrogen-bond donors (Lipinski definition) is 0. The lowest BCUT2D eigenvalue weighted by Crippen LogP contribution is -2.36. The fraction of sp³-hybridized carbons (Fsp3) is 0.562. The molecule has 0 aliphatic carbocycles. The van der Waals surface area contributed by atoms with Crippen LogP contribution in [0.5, 0.6) is 0 Å². The van der Waals surface area contributed by atoms with Gasteiger partial charge in [-0.1, -0.05) is 29.8 Å². The van der Waals surface area contributed by atoms with E-state index in [9.17, 15) is 13.2 Å². The standard InChI is InChI=1S/C16H26N2O3S/c1-5-17(6-2)16(19)10-11-18(22(4,20)21)13-15-9-7-8-14(3)12-15/h7-9,12H,5-6,10-11,13H2,1-4H3. The van der Waals surface area contributed by atoms with Gasteiger partial charge in [0.15, 0.2) is 0 Å². The van der Waals surface area contributed by atoms with Crippen LogP contribution >= 0.6 is 0 Å². The zero-order valence-corrected chi connectivity index (χ0v) is 14.7. The Labute approximate surface area is 134 Å². The van der Waals surface area contributed by atoms with Gasteiger partial charge in [0.1, 0.15) is 0 Å². The van der Waals surface area contributed by atoms with E-state index >= 15 is 0 Å². The van der Waals surface area contributed by atoms with Crippen molar-refractivity contribution in [2.24, 2.45) is 0 Å². The summed E-state index contributed by atoms with van der Waals surface area (Å²) in [5.41, 5.74) is 2.02. The summed E-state index contributed by atoms with van der Waals surface area (Å²) in [4.78, 5) is 13.8. The normalized spacial score (nSPS) is 11.7. The third kappa shape index (κ3) is 5.77. The maximum atomic E-state index is 12.0. The molecular weight excluding hydrogens is 300 g/mol. The second-order valence-corrected chi connectivity index (χ2v) is 7.38. The molecule has 0 radical (unpaired) electrons. The molecule has 0 unspecified atom stereocenters. The van der Waals surface area contributed by atoms with Crippen LogP contribution in [0.2, 0.25) is 0 Å². The molecule has 0 aliphatic heterocycles. The molecule has 5 nitrogen and oxygen atoms in total. The van der Waals surface area contributed by atoms with Crippen molar-refractivity contribution in [1.29, 1.82) is 0 Å². The van der Waals surface area contributed by atoms with Gasteiger partial charge in [0.2, 0.25) is 15.9 Å². The van der Waals surface area contributed by atoms with Crippen LogP contribution in [0.1, 0.15) is 31.4 Å². The van der Waals surface area contributed by atoms with Gasteiger partial charge in [0, 0.05) is 32.6 Å². The van der Waals surface area contributed by atoms with E-state index in [-0.39, 0.29) is 18.9 Å². The molecular formula is C16H26N2O3S. The Morgan fingerprint density at radius 3 is 2.32 bits per heavy atom. The van der Waals surface area contributed by atoms with Crippen LogP contribution in [-0.4, -0.2) is 49.4 Å². The maximum Gasteiger partial charge on any atom is 0.223 e. The predicted molar refractivity (Wildman–Crippen MR) is 89.0 cm³/mol. The van der Waals surface area contributed by atoms with Crippen molar-refractivity contribution in [3.8, 4) is 0 Å². The van der Waals surface area contributed by atoms with Crippen LogP contribution in [-0.2, 0) is 21.4 Å². The molecule has 0 fully saturated rings. The summed E-state index contributed by atoms with van der Waals surface area (Å²) in [7, 11) is -3.35. The van der Waals surface area contributed by atoms with Crippen LogP contribution < -0.4 is 0 Å². The first kappa shape index (κ1) is 18.6. The van der Waals surface area contributed by atoms with Crippen molar-refractivity contribution in [3.63, 3.8) is 0 Å². The highest BCUT2D eigenvalue weighted by atomic mass is 32.2. The quantitative estimate of drug-likeness (QED) is 0.734. The summed E-state index contributed by atoms with van der Waals surface area (Å²) < 4.78 is 25.3. The molecule has 6 heteroatoms. The third-order valence-electron chi connectivity index (χ3n) is 3.60. The van der Waals surface area contributed by atoms with E-state index in [0.717, 1.165) is 11.1 Å². The van der Waals surface area contributed by atoms with Crippen molar-refractivity contribution in [2.75, 3.05) is 25.9 Å². The summed E-state index contributed by atoms with van der Waals surface area (Å²) >= 11 is 0. The minimum atomic E-state index is -3.35. The molecule has 0 N–H and O–H groups in total. The monoisotopic (exact) mass is 326 g/mol. The molecule has 0 atom stereocenters. The van der Waals surface area contributed by atoms with Gasteiger partial charge in [-0.05, 0) is 26.3 Å². The summed E-state index contributed by atoms with van der Waals surface area (Å²) in [5, 5.41) is 0. The van der Waals surface area contributed by atoms with Crippen molar-refractivity contribution >= 4 is 15.9 Å². The number of carbonyl (C=O) groups excluding carboxylic acids is 1. The van der Waals surface area contributed by atoms with Crippen molar-refractivity contribution in [1.82, 2.24) is 9.21 Å². The summed E-state index contributed by atoms with van der Waals surface area (Å²) in [6, 6.07) is 7.74. The average molecular weight is 326 g/mol. The van der Waals surface area contributed by atoms with Crippen LogP contribution in [0, 0.1) is 6.92 Å². The summed E-state index contributed by atoms with van der Waals surface area (Å²) in [6.07, 6.45) is 1.39. The number of aryl methyl sites for hydroxylation is 1. The lowest BCUT2D eigenvalue weighted by molar-refractivity contribution is -0.130. The Hall–Kier alpha value is -1.40. The van der Waals surface area contributed by atoms with E-state index in [4.69, 9.17) is 0 Å². The number of hydrogen-bond acceptors (Lipinski definition) is 3. The molecule has 0 aromatic heterocycles. The predicted octanol–water partition coefficient (Wildman–Crippen LogP) is 2.02. The summed E-state index contributed by atoms with van der Waals surface area (Å²) in [6.45, 7) is 7.61. The van der Waals surface area contributed by atoms with Crippen LogP contribution in [0.15, 0.2) is 24.3 Å². The lowest BCUT2D eigenvalue weighted by Gasteiger charge is -2.23. The van der Waals surface area contributed by atoms with E-state index in [1.165, 1.54) is 10.6 Å². The van der Waals surface area contributed by atoms with Gasteiger partial charge in [-0.15, -0.1) is 0 Å². The molecule has 0 saturated heterocycles. The molecule has 1 aromatic rings. The molecule has 0 aliphatic rings.